The van der Waals surface area contributed by atoms with E-state index in [4.69, 9.17) is 9.47 Å². The third-order valence-corrected chi connectivity index (χ3v) is 12.5. The van der Waals surface area contributed by atoms with Gasteiger partial charge in [0.25, 0.3) is 0 Å². The van der Waals surface area contributed by atoms with Gasteiger partial charge in [-0.1, -0.05) is 121 Å². The second-order valence-corrected chi connectivity index (χ2v) is 14.1. The Bertz CT molecular complexity index is 1270. The van der Waals surface area contributed by atoms with Crippen molar-refractivity contribution >= 4 is 41.3 Å². The molecule has 4 aromatic carbocycles. The summed E-state index contributed by atoms with van der Waals surface area (Å²) in [5.74, 6) is 1.55. The van der Waals surface area contributed by atoms with Crippen LogP contribution in [-0.4, -0.2) is 19.5 Å². The SMILES string of the molecule is CCOC(CC(=C(SCc1ccccc1)SCc1ccccc1)P(=O)(c1ccccc1)c1ccccc1)OCC. The molecule has 0 bridgehead atoms. The summed E-state index contributed by atoms with van der Waals surface area (Å²) >= 11 is 3.51. The molecule has 0 spiro atoms. The molecule has 0 aliphatic carbocycles. The van der Waals surface area contributed by atoms with Crippen LogP contribution in [-0.2, 0) is 25.5 Å². The Labute approximate surface area is 247 Å². The van der Waals surface area contributed by atoms with E-state index in [0.717, 1.165) is 31.7 Å². The third kappa shape index (κ3) is 8.25. The fourth-order valence-electron chi connectivity index (χ4n) is 4.43. The van der Waals surface area contributed by atoms with Crippen molar-refractivity contribution in [3.63, 3.8) is 0 Å². The van der Waals surface area contributed by atoms with Gasteiger partial charge in [0, 0.05) is 51.3 Å². The summed E-state index contributed by atoms with van der Waals surface area (Å²) < 4.78 is 28.9. The molecule has 3 nitrogen and oxygen atoms in total. The first-order valence-corrected chi connectivity index (χ1v) is 17.3. The van der Waals surface area contributed by atoms with Crippen molar-refractivity contribution in [1.82, 2.24) is 0 Å². The van der Waals surface area contributed by atoms with Crippen LogP contribution in [0.4, 0.5) is 0 Å². The van der Waals surface area contributed by atoms with Gasteiger partial charge in [-0.2, -0.15) is 0 Å². The molecule has 0 heterocycles. The molecule has 0 fully saturated rings. The maximum absolute atomic E-state index is 15.7. The molecule has 208 valence electrons. The van der Waals surface area contributed by atoms with Crippen LogP contribution in [0.1, 0.15) is 31.4 Å². The molecule has 0 aromatic heterocycles. The molecule has 0 aliphatic rings. The standard InChI is InChI=1S/C34H37O3PS2/c1-3-36-33(37-4-2)25-32(38(35,30-21-13-7-14-22-30)31-23-15-8-16-24-31)34(39-26-28-17-9-5-10-18-28)40-27-29-19-11-6-12-20-29/h5-24,33H,3-4,25-27H2,1-2H3. The van der Waals surface area contributed by atoms with Gasteiger partial charge in [-0.25, -0.2) is 0 Å². The minimum atomic E-state index is -3.26. The number of thioether (sulfide) groups is 2. The number of rotatable bonds is 15. The summed E-state index contributed by atoms with van der Waals surface area (Å²) in [6.07, 6.45) is -0.0721. The van der Waals surface area contributed by atoms with Crippen molar-refractivity contribution < 1.29 is 14.0 Å². The molecular formula is C34H37O3PS2. The predicted molar refractivity (Wildman–Crippen MR) is 174 cm³/mol. The minimum absolute atomic E-state index is 0.418. The molecule has 0 amide bonds. The highest BCUT2D eigenvalue weighted by Gasteiger charge is 2.36. The first kappa shape index (κ1) is 30.4. The lowest BCUT2D eigenvalue weighted by Crippen LogP contribution is -2.23. The van der Waals surface area contributed by atoms with Gasteiger partial charge in [0.1, 0.15) is 0 Å². The van der Waals surface area contributed by atoms with Crippen LogP contribution in [0.25, 0.3) is 0 Å². The van der Waals surface area contributed by atoms with Gasteiger partial charge >= 0.3 is 0 Å². The van der Waals surface area contributed by atoms with Crippen LogP contribution in [0.3, 0.4) is 0 Å². The maximum atomic E-state index is 15.7. The zero-order chi connectivity index (χ0) is 28.0. The second-order valence-electron chi connectivity index (χ2n) is 9.11. The highest BCUT2D eigenvalue weighted by molar-refractivity contribution is 8.22. The fraction of sp³-hybridized carbons (Fsp3) is 0.235. The van der Waals surface area contributed by atoms with E-state index < -0.39 is 13.4 Å². The average molecular weight is 589 g/mol. The molecule has 0 unspecified atom stereocenters. The van der Waals surface area contributed by atoms with Crippen LogP contribution in [0, 0.1) is 0 Å². The van der Waals surface area contributed by atoms with E-state index in [1.54, 1.807) is 23.5 Å². The fourth-order valence-corrected chi connectivity index (χ4v) is 10.5. The van der Waals surface area contributed by atoms with E-state index in [-0.39, 0.29) is 0 Å². The maximum Gasteiger partial charge on any atom is 0.168 e. The van der Waals surface area contributed by atoms with Gasteiger partial charge in [-0.05, 0) is 25.0 Å². The topological polar surface area (TPSA) is 35.5 Å². The van der Waals surface area contributed by atoms with Gasteiger partial charge in [0.15, 0.2) is 13.4 Å². The minimum Gasteiger partial charge on any atom is -0.353 e. The largest absolute Gasteiger partial charge is 0.353 e. The molecule has 0 atom stereocenters. The van der Waals surface area contributed by atoms with Crippen molar-refractivity contribution in [2.45, 2.75) is 38.1 Å². The van der Waals surface area contributed by atoms with Crippen LogP contribution in [0.2, 0.25) is 0 Å². The zero-order valence-corrected chi connectivity index (χ0v) is 25.7. The summed E-state index contributed by atoms with van der Waals surface area (Å²) in [5.41, 5.74) is 2.45. The summed E-state index contributed by atoms with van der Waals surface area (Å²) in [5, 5.41) is 2.53. The first-order chi connectivity index (χ1) is 19.6. The van der Waals surface area contributed by atoms with E-state index in [2.05, 4.69) is 48.5 Å². The normalized spacial score (nSPS) is 11.5. The summed E-state index contributed by atoms with van der Waals surface area (Å²) in [4.78, 5) is 0. The van der Waals surface area contributed by atoms with Crippen molar-refractivity contribution in [2.24, 2.45) is 0 Å². The summed E-state index contributed by atoms with van der Waals surface area (Å²) in [6.45, 7) is 4.97. The molecule has 0 saturated heterocycles. The van der Waals surface area contributed by atoms with Crippen molar-refractivity contribution in [1.29, 1.82) is 0 Å². The van der Waals surface area contributed by atoms with Gasteiger partial charge in [0.2, 0.25) is 0 Å². The molecule has 40 heavy (non-hydrogen) atoms. The lowest BCUT2D eigenvalue weighted by atomic mass is 10.2. The second kappa shape index (κ2) is 16.0. The lowest BCUT2D eigenvalue weighted by molar-refractivity contribution is -0.133. The average Bonchev–Trinajstić information content (AvgIpc) is 3.02. The van der Waals surface area contributed by atoms with E-state index in [9.17, 15) is 0 Å². The molecule has 4 rings (SSSR count). The number of ether oxygens (including phenoxy) is 2. The molecule has 0 radical (unpaired) electrons. The van der Waals surface area contributed by atoms with Gasteiger partial charge in [0.05, 0.1) is 0 Å². The highest BCUT2D eigenvalue weighted by atomic mass is 32.2. The van der Waals surface area contributed by atoms with Crippen molar-refractivity contribution in [3.8, 4) is 0 Å². The molecular weight excluding hydrogens is 551 g/mol. The lowest BCUT2D eigenvalue weighted by Gasteiger charge is -2.28. The van der Waals surface area contributed by atoms with Crippen molar-refractivity contribution in [3.05, 3.63) is 142 Å². The van der Waals surface area contributed by atoms with Crippen LogP contribution in [0.15, 0.2) is 131 Å². The summed E-state index contributed by atoms with van der Waals surface area (Å²) in [6, 6.07) is 40.7. The molecule has 0 N–H and O–H groups in total. The van der Waals surface area contributed by atoms with Gasteiger partial charge in [-0.15, -0.1) is 23.5 Å². The number of hydrogen-bond acceptors (Lipinski definition) is 5. The Morgan fingerprint density at radius 2 is 1.00 bits per heavy atom. The number of hydrogen-bond donors (Lipinski definition) is 0. The van der Waals surface area contributed by atoms with Crippen LogP contribution in [0.5, 0.6) is 0 Å². The molecule has 0 saturated carbocycles. The summed E-state index contributed by atoms with van der Waals surface area (Å²) in [7, 11) is -3.26. The van der Waals surface area contributed by atoms with E-state index in [1.165, 1.54) is 11.1 Å². The van der Waals surface area contributed by atoms with Crippen LogP contribution < -0.4 is 10.6 Å². The third-order valence-electron chi connectivity index (χ3n) is 6.35. The number of benzene rings is 4. The van der Waals surface area contributed by atoms with E-state index in [1.807, 2.05) is 86.6 Å². The Hall–Kier alpha value is -2.53. The Balaban J connectivity index is 1.90. The Morgan fingerprint density at radius 1 is 0.625 bits per heavy atom. The molecule has 4 aromatic rings. The Morgan fingerprint density at radius 3 is 1.38 bits per heavy atom. The monoisotopic (exact) mass is 588 g/mol. The van der Waals surface area contributed by atoms with Gasteiger partial charge < -0.3 is 14.0 Å². The molecule has 0 aliphatic heterocycles. The van der Waals surface area contributed by atoms with E-state index in [0.29, 0.717) is 19.6 Å². The van der Waals surface area contributed by atoms with Crippen LogP contribution >= 0.6 is 30.7 Å². The smallest absolute Gasteiger partial charge is 0.168 e. The van der Waals surface area contributed by atoms with E-state index >= 15 is 4.57 Å². The highest BCUT2D eigenvalue weighted by Crippen LogP contribution is 2.58. The molecule has 6 heteroatoms. The zero-order valence-electron chi connectivity index (χ0n) is 23.1. The first-order valence-electron chi connectivity index (χ1n) is 13.7. The quantitative estimate of drug-likeness (QED) is 0.102. The van der Waals surface area contributed by atoms with Gasteiger partial charge in [-0.3, -0.25) is 0 Å². The Kier molecular flexibility index (Phi) is 12.2. The predicted octanol–water partition coefficient (Wildman–Crippen LogP) is 8.83. The van der Waals surface area contributed by atoms with Crippen molar-refractivity contribution in [2.75, 3.05) is 13.2 Å².